The number of nitrogens with zero attached hydrogens (tertiary/aromatic N) is 2. The lowest BCUT2D eigenvalue weighted by atomic mass is 9.88. The van der Waals surface area contributed by atoms with E-state index in [2.05, 4.69) is 45.4 Å². The van der Waals surface area contributed by atoms with E-state index < -0.39 is 0 Å². The number of hydrogen-bond acceptors (Lipinski definition) is 5. The van der Waals surface area contributed by atoms with Gasteiger partial charge in [-0.05, 0) is 86.4 Å². The second-order valence-electron chi connectivity index (χ2n) is 9.15. The standard InChI is InChI=1S/C29H37N3O2/c33-27-12-6-8-24(22-27)29(25-9-7-13-28(34)23-25)14-16-30-15-4-5-17-31-18-20-32(21-19-31)26-10-2-1-3-11-26/h1-3,6-13,22-23,29-30,33-34H,4-5,14-21H2. The van der Waals surface area contributed by atoms with Crippen LogP contribution in [0.25, 0.3) is 0 Å². The molecule has 1 heterocycles. The van der Waals surface area contributed by atoms with Gasteiger partial charge in [0.2, 0.25) is 0 Å². The Hall–Kier alpha value is -3.02. The molecule has 3 aromatic carbocycles. The summed E-state index contributed by atoms with van der Waals surface area (Å²) >= 11 is 0. The summed E-state index contributed by atoms with van der Waals surface area (Å²) in [6.45, 7) is 7.55. The zero-order valence-electron chi connectivity index (χ0n) is 19.9. The topological polar surface area (TPSA) is 59.0 Å². The van der Waals surface area contributed by atoms with E-state index in [1.807, 2.05) is 36.4 Å². The van der Waals surface area contributed by atoms with Crippen LogP contribution in [0.5, 0.6) is 11.5 Å². The second-order valence-corrected chi connectivity index (χ2v) is 9.15. The van der Waals surface area contributed by atoms with E-state index in [9.17, 15) is 10.2 Å². The zero-order valence-corrected chi connectivity index (χ0v) is 19.9. The highest BCUT2D eigenvalue weighted by atomic mass is 16.3. The lowest BCUT2D eigenvalue weighted by Gasteiger charge is -2.36. The van der Waals surface area contributed by atoms with Gasteiger partial charge < -0.3 is 20.4 Å². The molecule has 180 valence electrons. The van der Waals surface area contributed by atoms with Crippen LogP contribution in [0.3, 0.4) is 0 Å². The maximum absolute atomic E-state index is 9.94. The van der Waals surface area contributed by atoms with E-state index in [-0.39, 0.29) is 17.4 Å². The van der Waals surface area contributed by atoms with Gasteiger partial charge in [-0.15, -0.1) is 0 Å². The largest absolute Gasteiger partial charge is 0.508 e. The highest BCUT2D eigenvalue weighted by Gasteiger charge is 2.17. The van der Waals surface area contributed by atoms with E-state index in [0.717, 1.165) is 56.8 Å². The first-order chi connectivity index (χ1) is 16.7. The van der Waals surface area contributed by atoms with Crippen molar-refractivity contribution in [2.45, 2.75) is 25.2 Å². The van der Waals surface area contributed by atoms with Gasteiger partial charge in [-0.25, -0.2) is 0 Å². The molecule has 1 fully saturated rings. The van der Waals surface area contributed by atoms with Gasteiger partial charge >= 0.3 is 0 Å². The Labute approximate surface area is 203 Å². The number of piperazine rings is 1. The number of phenols is 2. The molecule has 4 rings (SSSR count). The number of unbranched alkanes of at least 4 members (excludes halogenated alkanes) is 1. The summed E-state index contributed by atoms with van der Waals surface area (Å²) in [6.07, 6.45) is 3.29. The van der Waals surface area contributed by atoms with Crippen molar-refractivity contribution in [2.75, 3.05) is 50.7 Å². The average molecular weight is 460 g/mol. The zero-order chi connectivity index (χ0) is 23.6. The van der Waals surface area contributed by atoms with Crippen molar-refractivity contribution in [3.05, 3.63) is 90.0 Å². The molecule has 0 aliphatic carbocycles. The molecule has 0 atom stereocenters. The van der Waals surface area contributed by atoms with Gasteiger partial charge in [-0.2, -0.15) is 0 Å². The smallest absolute Gasteiger partial charge is 0.115 e. The molecule has 3 N–H and O–H groups in total. The van der Waals surface area contributed by atoms with Crippen molar-refractivity contribution in [1.29, 1.82) is 0 Å². The first-order valence-corrected chi connectivity index (χ1v) is 12.5. The molecule has 5 heteroatoms. The van der Waals surface area contributed by atoms with Crippen LogP contribution < -0.4 is 10.2 Å². The minimum absolute atomic E-state index is 0.132. The Morgan fingerprint density at radius 1 is 0.706 bits per heavy atom. The van der Waals surface area contributed by atoms with Crippen LogP contribution in [0.2, 0.25) is 0 Å². The minimum atomic E-state index is 0.132. The summed E-state index contributed by atoms with van der Waals surface area (Å²) in [4.78, 5) is 5.06. The molecule has 5 nitrogen and oxygen atoms in total. The molecule has 0 spiro atoms. The molecule has 1 aliphatic heterocycles. The normalized spacial score (nSPS) is 14.6. The summed E-state index contributed by atoms with van der Waals surface area (Å²) in [5.41, 5.74) is 3.48. The van der Waals surface area contributed by atoms with Gasteiger partial charge in [0.15, 0.2) is 0 Å². The van der Waals surface area contributed by atoms with Crippen molar-refractivity contribution in [3.8, 4) is 11.5 Å². The molecule has 0 bridgehead atoms. The summed E-state index contributed by atoms with van der Waals surface area (Å²) in [7, 11) is 0. The lowest BCUT2D eigenvalue weighted by molar-refractivity contribution is 0.252. The van der Waals surface area contributed by atoms with Crippen LogP contribution in [0.1, 0.15) is 36.3 Å². The number of hydrogen-bond donors (Lipinski definition) is 3. The third kappa shape index (κ3) is 6.99. The fourth-order valence-electron chi connectivity index (χ4n) is 4.83. The fourth-order valence-corrected chi connectivity index (χ4v) is 4.83. The van der Waals surface area contributed by atoms with Crippen molar-refractivity contribution in [2.24, 2.45) is 0 Å². The summed E-state index contributed by atoms with van der Waals surface area (Å²) < 4.78 is 0. The maximum atomic E-state index is 9.94. The van der Waals surface area contributed by atoms with E-state index in [0.29, 0.717) is 0 Å². The van der Waals surface area contributed by atoms with Crippen LogP contribution in [0, 0.1) is 0 Å². The fraction of sp³-hybridized carbons (Fsp3) is 0.379. The third-order valence-electron chi connectivity index (χ3n) is 6.73. The Balaban J connectivity index is 1.16. The predicted molar refractivity (Wildman–Crippen MR) is 140 cm³/mol. The van der Waals surface area contributed by atoms with Gasteiger partial charge in [0.25, 0.3) is 0 Å². The van der Waals surface area contributed by atoms with Crippen LogP contribution in [0.4, 0.5) is 5.69 Å². The molecular formula is C29H37N3O2. The third-order valence-corrected chi connectivity index (χ3v) is 6.73. The number of rotatable bonds is 11. The lowest BCUT2D eigenvalue weighted by Crippen LogP contribution is -2.46. The quantitative estimate of drug-likeness (QED) is 0.359. The number of phenolic OH excluding ortho intramolecular Hbond substituents is 2. The molecule has 0 radical (unpaired) electrons. The van der Waals surface area contributed by atoms with Crippen molar-refractivity contribution >= 4 is 5.69 Å². The monoisotopic (exact) mass is 459 g/mol. The molecule has 0 saturated carbocycles. The number of nitrogens with one attached hydrogen (secondary N) is 1. The van der Waals surface area contributed by atoms with Gasteiger partial charge in [-0.3, -0.25) is 4.90 Å². The molecule has 3 aromatic rings. The predicted octanol–water partition coefficient (Wildman–Crippen LogP) is 4.81. The number of para-hydroxylation sites is 1. The Morgan fingerprint density at radius 3 is 1.97 bits per heavy atom. The first-order valence-electron chi connectivity index (χ1n) is 12.5. The van der Waals surface area contributed by atoms with Gasteiger partial charge in [0.1, 0.15) is 11.5 Å². The molecular weight excluding hydrogens is 422 g/mol. The number of anilines is 1. The molecule has 1 saturated heterocycles. The molecule has 0 aromatic heterocycles. The second kappa shape index (κ2) is 12.4. The van der Waals surface area contributed by atoms with Gasteiger partial charge in [-0.1, -0.05) is 42.5 Å². The Morgan fingerprint density at radius 2 is 1.35 bits per heavy atom. The number of aromatic hydroxyl groups is 2. The van der Waals surface area contributed by atoms with Crippen molar-refractivity contribution in [1.82, 2.24) is 10.2 Å². The SMILES string of the molecule is Oc1cccc(C(CCNCCCCN2CCN(c3ccccc3)CC2)c2cccc(O)c2)c1. The van der Waals surface area contributed by atoms with E-state index in [1.54, 1.807) is 12.1 Å². The molecule has 1 aliphatic rings. The highest BCUT2D eigenvalue weighted by molar-refractivity contribution is 5.46. The van der Waals surface area contributed by atoms with Crippen molar-refractivity contribution < 1.29 is 10.2 Å². The minimum Gasteiger partial charge on any atom is -0.508 e. The van der Waals surface area contributed by atoms with Gasteiger partial charge in [0, 0.05) is 37.8 Å². The van der Waals surface area contributed by atoms with Gasteiger partial charge in [0.05, 0.1) is 0 Å². The van der Waals surface area contributed by atoms with E-state index in [4.69, 9.17) is 0 Å². The summed E-state index contributed by atoms with van der Waals surface area (Å²) in [5, 5.41) is 23.5. The molecule has 34 heavy (non-hydrogen) atoms. The van der Waals surface area contributed by atoms with Crippen LogP contribution in [-0.4, -0.2) is 60.9 Å². The average Bonchev–Trinajstić information content (AvgIpc) is 2.86. The highest BCUT2D eigenvalue weighted by Crippen LogP contribution is 2.31. The molecule has 0 unspecified atom stereocenters. The van der Waals surface area contributed by atoms with Crippen LogP contribution in [0.15, 0.2) is 78.9 Å². The van der Waals surface area contributed by atoms with E-state index >= 15 is 0 Å². The number of benzene rings is 3. The summed E-state index contributed by atoms with van der Waals surface area (Å²) in [5.74, 6) is 0.688. The summed E-state index contributed by atoms with van der Waals surface area (Å²) in [6, 6.07) is 25.6. The van der Waals surface area contributed by atoms with E-state index in [1.165, 1.54) is 25.1 Å². The maximum Gasteiger partial charge on any atom is 0.115 e. The van der Waals surface area contributed by atoms with Crippen LogP contribution in [-0.2, 0) is 0 Å². The van der Waals surface area contributed by atoms with Crippen LogP contribution >= 0.6 is 0 Å². The molecule has 0 amide bonds. The first kappa shape index (κ1) is 24.1. The Bertz CT molecular complexity index is 958. The Kier molecular flexibility index (Phi) is 8.83. The van der Waals surface area contributed by atoms with Crippen molar-refractivity contribution in [3.63, 3.8) is 0 Å².